The van der Waals surface area contributed by atoms with Crippen molar-refractivity contribution >= 4 is 11.7 Å². The summed E-state index contributed by atoms with van der Waals surface area (Å²) in [6, 6.07) is 3.15. The number of ether oxygens (including phenoxy) is 1. The van der Waals surface area contributed by atoms with Crippen molar-refractivity contribution in [3.05, 3.63) is 34.5 Å². The molecule has 0 bridgehead atoms. The second-order valence-electron chi connectivity index (χ2n) is 7.30. The van der Waals surface area contributed by atoms with Gasteiger partial charge in [0.25, 0.3) is 5.91 Å². The van der Waals surface area contributed by atoms with E-state index in [2.05, 4.69) is 15.3 Å². The molecule has 156 valence electrons. The third-order valence-corrected chi connectivity index (χ3v) is 4.94. The summed E-state index contributed by atoms with van der Waals surface area (Å²) in [6.45, 7) is 9.67. The number of aromatic hydroxyl groups is 2. The normalized spacial score (nSPS) is 13.3. The summed E-state index contributed by atoms with van der Waals surface area (Å²) in [4.78, 5) is 23.7. The first-order valence-electron chi connectivity index (χ1n) is 9.97. The minimum atomic E-state index is -0.286. The fraction of sp³-hybridized carbons (Fsp3) is 0.476. The Balaban J connectivity index is 1.93. The fourth-order valence-corrected chi connectivity index (χ4v) is 3.47. The van der Waals surface area contributed by atoms with Crippen molar-refractivity contribution in [1.29, 1.82) is 0 Å². The zero-order valence-corrected chi connectivity index (χ0v) is 17.3. The molecule has 8 heteroatoms. The van der Waals surface area contributed by atoms with Crippen LogP contribution in [0.25, 0.3) is 0 Å². The molecule has 2 heterocycles. The van der Waals surface area contributed by atoms with Crippen LogP contribution in [0.4, 0.5) is 5.82 Å². The van der Waals surface area contributed by atoms with Gasteiger partial charge in [-0.1, -0.05) is 13.8 Å². The highest BCUT2D eigenvalue weighted by Crippen LogP contribution is 2.34. The van der Waals surface area contributed by atoms with Gasteiger partial charge in [0.05, 0.1) is 24.4 Å². The summed E-state index contributed by atoms with van der Waals surface area (Å²) >= 11 is 0. The first kappa shape index (κ1) is 20.7. The highest BCUT2D eigenvalue weighted by molar-refractivity contribution is 5.97. The van der Waals surface area contributed by atoms with E-state index in [0.29, 0.717) is 50.1 Å². The molecule has 8 nitrogen and oxygen atoms in total. The van der Waals surface area contributed by atoms with Crippen molar-refractivity contribution in [3.8, 4) is 17.5 Å². The van der Waals surface area contributed by atoms with E-state index in [1.54, 1.807) is 11.0 Å². The number of nitrogens with zero attached hydrogens (tertiary/aromatic N) is 3. The lowest BCUT2D eigenvalue weighted by Gasteiger charge is -2.30. The maximum absolute atomic E-state index is 13.2. The van der Waals surface area contributed by atoms with Gasteiger partial charge >= 0.3 is 6.01 Å². The molecular weight excluding hydrogens is 372 g/mol. The van der Waals surface area contributed by atoms with Gasteiger partial charge in [-0.3, -0.25) is 4.79 Å². The smallest absolute Gasteiger partial charge is 0.318 e. The summed E-state index contributed by atoms with van der Waals surface area (Å²) in [5.41, 5.74) is 2.53. The largest absolute Gasteiger partial charge is 0.508 e. The van der Waals surface area contributed by atoms with E-state index < -0.39 is 0 Å². The van der Waals surface area contributed by atoms with Crippen LogP contribution >= 0.6 is 0 Å². The molecule has 0 saturated heterocycles. The van der Waals surface area contributed by atoms with E-state index in [1.165, 1.54) is 6.07 Å². The molecule has 0 spiro atoms. The number of nitrogens with one attached hydrogen (secondary N) is 1. The Morgan fingerprint density at radius 1 is 1.24 bits per heavy atom. The van der Waals surface area contributed by atoms with Gasteiger partial charge in [0.2, 0.25) is 0 Å². The Morgan fingerprint density at radius 3 is 2.66 bits per heavy atom. The van der Waals surface area contributed by atoms with Gasteiger partial charge in [0.1, 0.15) is 17.3 Å². The molecule has 0 fully saturated rings. The number of aromatic nitrogens is 2. The molecule has 0 atom stereocenters. The van der Waals surface area contributed by atoms with E-state index in [1.807, 2.05) is 27.7 Å². The lowest BCUT2D eigenvalue weighted by Crippen LogP contribution is -2.37. The molecule has 0 saturated carbocycles. The van der Waals surface area contributed by atoms with Crippen LogP contribution in [-0.4, -0.2) is 50.7 Å². The maximum Gasteiger partial charge on any atom is 0.318 e. The third kappa shape index (κ3) is 4.21. The molecule has 1 aromatic heterocycles. The van der Waals surface area contributed by atoms with Crippen LogP contribution in [-0.2, 0) is 13.0 Å². The maximum atomic E-state index is 13.2. The zero-order valence-electron chi connectivity index (χ0n) is 17.3. The first-order chi connectivity index (χ1) is 13.8. The molecule has 1 aromatic carbocycles. The Kier molecular flexibility index (Phi) is 6.10. The topological polar surface area (TPSA) is 108 Å². The number of hydrogen-bond acceptors (Lipinski definition) is 7. The van der Waals surface area contributed by atoms with Crippen molar-refractivity contribution in [2.45, 2.75) is 46.6 Å². The fourth-order valence-electron chi connectivity index (χ4n) is 3.47. The van der Waals surface area contributed by atoms with E-state index in [9.17, 15) is 15.0 Å². The molecular formula is C21H28N4O4. The van der Waals surface area contributed by atoms with Crippen LogP contribution in [0.1, 0.15) is 60.8 Å². The van der Waals surface area contributed by atoms with Gasteiger partial charge in [-0.05, 0) is 31.4 Å². The quantitative estimate of drug-likeness (QED) is 0.684. The number of carbonyl (C=O) groups is 1. The van der Waals surface area contributed by atoms with Crippen molar-refractivity contribution in [2.75, 3.05) is 25.0 Å². The molecule has 0 radical (unpaired) electrons. The van der Waals surface area contributed by atoms with Gasteiger partial charge in [-0.25, -0.2) is 0 Å². The molecule has 29 heavy (non-hydrogen) atoms. The number of amides is 1. The van der Waals surface area contributed by atoms with Crippen LogP contribution in [0.3, 0.4) is 0 Å². The molecule has 3 N–H and O–H groups in total. The van der Waals surface area contributed by atoms with Crippen molar-refractivity contribution in [3.63, 3.8) is 0 Å². The Morgan fingerprint density at radius 2 is 2.00 bits per heavy atom. The Bertz CT molecular complexity index is 914. The number of benzene rings is 1. The van der Waals surface area contributed by atoms with Gasteiger partial charge in [-0.15, -0.1) is 0 Å². The van der Waals surface area contributed by atoms with Crippen LogP contribution in [0.15, 0.2) is 12.1 Å². The SMILES string of the molecule is CCNc1nc(OCC)nc2c1CN(C(=O)c1cc(C(C)C)c(O)cc1O)CC2. The summed E-state index contributed by atoms with van der Waals surface area (Å²) in [7, 11) is 0. The van der Waals surface area contributed by atoms with Gasteiger partial charge in [0.15, 0.2) is 0 Å². The third-order valence-electron chi connectivity index (χ3n) is 4.94. The number of phenols is 2. The standard InChI is InChI=1S/C21H28N4O4/c1-5-22-19-15-11-25(8-7-16(15)23-21(24-19)29-6-2)20(28)14-9-13(12(3)4)17(26)10-18(14)27/h9-10,12,26-27H,5-8,11H2,1-4H3,(H,22,23,24). The summed E-state index contributed by atoms with van der Waals surface area (Å²) in [5.74, 6) is 0.166. The highest BCUT2D eigenvalue weighted by Gasteiger charge is 2.28. The minimum Gasteiger partial charge on any atom is -0.508 e. The number of carbonyl (C=O) groups excluding carboxylic acids is 1. The summed E-state index contributed by atoms with van der Waals surface area (Å²) < 4.78 is 5.47. The number of fused-ring (bicyclic) bond motifs is 1. The number of anilines is 1. The summed E-state index contributed by atoms with van der Waals surface area (Å²) in [6.07, 6.45) is 0.567. The van der Waals surface area contributed by atoms with Crippen molar-refractivity contribution in [1.82, 2.24) is 14.9 Å². The predicted octanol–water partition coefficient (Wildman–Crippen LogP) is 3.04. The molecule has 2 aromatic rings. The zero-order chi connectivity index (χ0) is 21.1. The van der Waals surface area contributed by atoms with Gasteiger partial charge < -0.3 is 25.2 Å². The Hall–Kier alpha value is -3.03. The van der Waals surface area contributed by atoms with Crippen LogP contribution in [0.5, 0.6) is 17.5 Å². The van der Waals surface area contributed by atoms with Crippen LogP contribution < -0.4 is 10.1 Å². The van der Waals surface area contributed by atoms with E-state index in [-0.39, 0.29) is 28.9 Å². The molecule has 1 aliphatic rings. The number of hydrogen-bond donors (Lipinski definition) is 3. The molecule has 3 rings (SSSR count). The monoisotopic (exact) mass is 400 g/mol. The number of phenolic OH excluding ortho intramolecular Hbond substituents is 2. The van der Waals surface area contributed by atoms with E-state index in [0.717, 1.165) is 11.3 Å². The summed E-state index contributed by atoms with van der Waals surface area (Å²) in [5, 5.41) is 23.5. The van der Waals surface area contributed by atoms with Crippen molar-refractivity contribution in [2.24, 2.45) is 0 Å². The molecule has 0 aliphatic carbocycles. The molecule has 1 amide bonds. The minimum absolute atomic E-state index is 0.00988. The van der Waals surface area contributed by atoms with Crippen molar-refractivity contribution < 1.29 is 19.7 Å². The molecule has 0 unspecified atom stereocenters. The lowest BCUT2D eigenvalue weighted by molar-refractivity contribution is 0.0730. The van der Waals surface area contributed by atoms with Crippen LogP contribution in [0, 0.1) is 0 Å². The van der Waals surface area contributed by atoms with Crippen LogP contribution in [0.2, 0.25) is 0 Å². The van der Waals surface area contributed by atoms with E-state index >= 15 is 0 Å². The molecule has 1 aliphatic heterocycles. The predicted molar refractivity (Wildman–Crippen MR) is 110 cm³/mol. The average molecular weight is 400 g/mol. The Labute approximate surface area is 170 Å². The second kappa shape index (κ2) is 8.55. The first-order valence-corrected chi connectivity index (χ1v) is 9.97. The number of rotatable bonds is 6. The van der Waals surface area contributed by atoms with Gasteiger partial charge in [0, 0.05) is 31.1 Å². The highest BCUT2D eigenvalue weighted by atomic mass is 16.5. The second-order valence-corrected chi connectivity index (χ2v) is 7.30. The van der Waals surface area contributed by atoms with E-state index in [4.69, 9.17) is 4.74 Å². The lowest BCUT2D eigenvalue weighted by atomic mass is 9.97. The van der Waals surface area contributed by atoms with Gasteiger partial charge in [-0.2, -0.15) is 9.97 Å². The average Bonchev–Trinajstić information content (AvgIpc) is 2.67.